The van der Waals surface area contributed by atoms with Crippen molar-refractivity contribution >= 4 is 53.8 Å². The summed E-state index contributed by atoms with van der Waals surface area (Å²) in [6.07, 6.45) is 1.04. The number of hydrogen-bond acceptors (Lipinski definition) is 6. The molecule has 0 atom stereocenters. The Morgan fingerprint density at radius 3 is 2.08 bits per heavy atom. The van der Waals surface area contributed by atoms with Crippen molar-refractivity contribution < 1.29 is 26.4 Å². The summed E-state index contributed by atoms with van der Waals surface area (Å²) in [5.74, 6) is 0.0169. The van der Waals surface area contributed by atoms with Crippen LogP contribution in [-0.4, -0.2) is 42.7 Å². The van der Waals surface area contributed by atoms with Crippen molar-refractivity contribution in [2.45, 2.75) is 4.90 Å². The molecule has 2 N–H and O–H groups in total. The lowest BCUT2D eigenvalue weighted by atomic mass is 10.1. The SMILES string of the molecule is COc1ccc(NS(=O)(=O)c2ccc(NC(=O)CN(c3cccc4ccccc34)S(C)(=O)=O)cc2)cc1. The summed E-state index contributed by atoms with van der Waals surface area (Å²) in [7, 11) is -6.13. The minimum absolute atomic E-state index is 0.00478. The van der Waals surface area contributed by atoms with Crippen LogP contribution in [-0.2, 0) is 24.8 Å². The van der Waals surface area contributed by atoms with Crippen molar-refractivity contribution in [3.63, 3.8) is 0 Å². The Hall–Kier alpha value is -4.09. The number of hydrogen-bond donors (Lipinski definition) is 2. The van der Waals surface area contributed by atoms with Crippen molar-refractivity contribution in [2.24, 2.45) is 0 Å². The van der Waals surface area contributed by atoms with Gasteiger partial charge < -0.3 is 10.1 Å². The molecule has 0 heterocycles. The van der Waals surface area contributed by atoms with Crippen molar-refractivity contribution in [3.05, 3.63) is 91.0 Å². The van der Waals surface area contributed by atoms with Gasteiger partial charge in [0, 0.05) is 16.8 Å². The molecule has 4 aromatic rings. The van der Waals surface area contributed by atoms with E-state index in [0.717, 1.165) is 15.9 Å². The maximum atomic E-state index is 12.8. The average molecular weight is 540 g/mol. The van der Waals surface area contributed by atoms with E-state index >= 15 is 0 Å². The van der Waals surface area contributed by atoms with Gasteiger partial charge in [-0.25, -0.2) is 16.8 Å². The highest BCUT2D eigenvalue weighted by atomic mass is 32.2. The first kappa shape index (κ1) is 26.0. The van der Waals surface area contributed by atoms with Crippen LogP contribution in [0, 0.1) is 0 Å². The number of rotatable bonds is 9. The normalized spacial score (nSPS) is 11.6. The Bertz CT molecular complexity index is 1630. The molecule has 0 saturated heterocycles. The minimum atomic E-state index is -3.86. The van der Waals surface area contributed by atoms with E-state index in [2.05, 4.69) is 10.0 Å². The van der Waals surface area contributed by atoms with E-state index in [4.69, 9.17) is 4.74 Å². The van der Waals surface area contributed by atoms with Crippen molar-refractivity contribution in [3.8, 4) is 5.75 Å². The van der Waals surface area contributed by atoms with Gasteiger partial charge in [-0.3, -0.25) is 13.8 Å². The molecule has 0 radical (unpaired) electrons. The van der Waals surface area contributed by atoms with E-state index in [1.54, 1.807) is 48.5 Å². The first-order valence-electron chi connectivity index (χ1n) is 11.1. The number of carbonyl (C=O) groups excluding carboxylic acids is 1. The van der Waals surface area contributed by atoms with Gasteiger partial charge in [0.25, 0.3) is 10.0 Å². The van der Waals surface area contributed by atoms with E-state index in [-0.39, 0.29) is 4.90 Å². The molecule has 37 heavy (non-hydrogen) atoms. The van der Waals surface area contributed by atoms with Crippen LogP contribution in [0.4, 0.5) is 17.1 Å². The Morgan fingerprint density at radius 1 is 0.811 bits per heavy atom. The fourth-order valence-corrected chi connectivity index (χ4v) is 5.66. The number of nitrogens with zero attached hydrogens (tertiary/aromatic N) is 1. The lowest BCUT2D eigenvalue weighted by Crippen LogP contribution is -2.37. The highest BCUT2D eigenvalue weighted by molar-refractivity contribution is 7.92. The van der Waals surface area contributed by atoms with Gasteiger partial charge in [0.2, 0.25) is 15.9 Å². The standard InChI is InChI=1S/C26H25N3O6S2/c1-35-22-14-10-21(11-15-22)28-37(33,34)23-16-12-20(13-17-23)27-26(30)18-29(36(2,31)32)25-9-5-7-19-6-3-4-8-24(19)25/h3-17,28H,18H2,1-2H3,(H,27,30). The Balaban J connectivity index is 1.48. The molecule has 0 unspecified atom stereocenters. The molecular formula is C26H25N3O6S2. The molecule has 0 saturated carbocycles. The second-order valence-corrected chi connectivity index (χ2v) is 11.8. The maximum Gasteiger partial charge on any atom is 0.261 e. The first-order chi connectivity index (χ1) is 17.6. The predicted molar refractivity (Wildman–Crippen MR) is 145 cm³/mol. The fourth-order valence-electron chi connectivity index (χ4n) is 3.73. The number of fused-ring (bicyclic) bond motifs is 1. The van der Waals surface area contributed by atoms with Crippen LogP contribution >= 0.6 is 0 Å². The zero-order chi connectivity index (χ0) is 26.6. The van der Waals surface area contributed by atoms with Gasteiger partial charge in [-0.15, -0.1) is 0 Å². The average Bonchev–Trinajstić information content (AvgIpc) is 2.87. The number of benzene rings is 4. The summed E-state index contributed by atoms with van der Waals surface area (Å²) in [6, 6.07) is 24.5. The fraction of sp³-hybridized carbons (Fsp3) is 0.115. The second-order valence-electron chi connectivity index (χ2n) is 8.17. The first-order valence-corrected chi connectivity index (χ1v) is 14.4. The zero-order valence-electron chi connectivity index (χ0n) is 20.1. The van der Waals surface area contributed by atoms with Gasteiger partial charge >= 0.3 is 0 Å². The summed E-state index contributed by atoms with van der Waals surface area (Å²) < 4.78 is 59.1. The quantitative estimate of drug-likeness (QED) is 0.331. The van der Waals surface area contributed by atoms with Gasteiger partial charge in [-0.1, -0.05) is 36.4 Å². The van der Waals surface area contributed by atoms with Crippen molar-refractivity contribution in [1.82, 2.24) is 0 Å². The third-order valence-corrected chi connectivity index (χ3v) is 8.04. The molecule has 0 spiro atoms. The highest BCUT2D eigenvalue weighted by Gasteiger charge is 2.23. The van der Waals surface area contributed by atoms with Gasteiger partial charge in [0.1, 0.15) is 12.3 Å². The Kier molecular flexibility index (Phi) is 7.37. The van der Waals surface area contributed by atoms with Crippen LogP contribution in [0.15, 0.2) is 95.9 Å². The van der Waals surface area contributed by atoms with E-state index < -0.39 is 32.5 Å². The molecule has 9 nitrogen and oxygen atoms in total. The molecule has 0 aromatic heterocycles. The molecular weight excluding hydrogens is 514 g/mol. The summed E-state index contributed by atoms with van der Waals surface area (Å²) in [4.78, 5) is 12.8. The number of ether oxygens (including phenoxy) is 1. The number of anilines is 3. The third-order valence-electron chi connectivity index (χ3n) is 5.51. The molecule has 0 aliphatic rings. The van der Waals surface area contributed by atoms with Crippen molar-refractivity contribution in [2.75, 3.05) is 34.3 Å². The van der Waals surface area contributed by atoms with E-state index in [9.17, 15) is 21.6 Å². The maximum absolute atomic E-state index is 12.8. The van der Waals surface area contributed by atoms with Gasteiger partial charge in [0.15, 0.2) is 0 Å². The molecule has 1 amide bonds. The van der Waals surface area contributed by atoms with Crippen LogP contribution < -0.4 is 19.1 Å². The second kappa shape index (κ2) is 10.5. The highest BCUT2D eigenvalue weighted by Crippen LogP contribution is 2.28. The predicted octanol–water partition coefficient (Wildman–Crippen LogP) is 4.05. The van der Waals surface area contributed by atoms with Gasteiger partial charge in [0.05, 0.1) is 23.9 Å². The van der Waals surface area contributed by atoms with Crippen LogP contribution in [0.5, 0.6) is 5.75 Å². The van der Waals surface area contributed by atoms with Crippen LogP contribution in [0.2, 0.25) is 0 Å². The smallest absolute Gasteiger partial charge is 0.261 e. The topological polar surface area (TPSA) is 122 Å². The lowest BCUT2D eigenvalue weighted by molar-refractivity contribution is -0.114. The Labute approximate surface area is 215 Å². The third kappa shape index (κ3) is 6.19. The summed E-state index contributed by atoms with van der Waals surface area (Å²) in [5, 5.41) is 4.17. The molecule has 0 aliphatic heterocycles. The monoisotopic (exact) mass is 539 g/mol. The number of carbonyl (C=O) groups is 1. The van der Waals surface area contributed by atoms with Crippen molar-refractivity contribution in [1.29, 1.82) is 0 Å². The van der Waals surface area contributed by atoms with E-state index in [1.165, 1.54) is 31.4 Å². The lowest BCUT2D eigenvalue weighted by Gasteiger charge is -2.23. The molecule has 4 rings (SSSR count). The summed E-state index contributed by atoms with van der Waals surface area (Å²) in [5.41, 5.74) is 1.08. The zero-order valence-corrected chi connectivity index (χ0v) is 21.7. The van der Waals surface area contributed by atoms with Crippen LogP contribution in [0.25, 0.3) is 10.8 Å². The Morgan fingerprint density at radius 2 is 1.43 bits per heavy atom. The van der Waals surface area contributed by atoms with Gasteiger partial charge in [-0.05, 0) is 60.0 Å². The van der Waals surface area contributed by atoms with E-state index in [0.29, 0.717) is 28.2 Å². The molecule has 192 valence electrons. The summed E-state index contributed by atoms with van der Waals surface area (Å²) in [6.45, 7) is -0.452. The van der Waals surface area contributed by atoms with Gasteiger partial charge in [-0.2, -0.15) is 0 Å². The molecule has 4 aromatic carbocycles. The number of methoxy groups -OCH3 is 1. The molecule has 0 aliphatic carbocycles. The largest absolute Gasteiger partial charge is 0.497 e. The summed E-state index contributed by atoms with van der Waals surface area (Å²) >= 11 is 0. The van der Waals surface area contributed by atoms with E-state index in [1.807, 2.05) is 18.2 Å². The van der Waals surface area contributed by atoms with Crippen LogP contribution in [0.3, 0.4) is 0 Å². The molecule has 0 bridgehead atoms. The van der Waals surface area contributed by atoms with Crippen LogP contribution in [0.1, 0.15) is 0 Å². The minimum Gasteiger partial charge on any atom is -0.497 e. The molecule has 11 heteroatoms. The molecule has 0 fully saturated rings. The number of nitrogens with one attached hydrogen (secondary N) is 2. The number of amides is 1. The number of sulfonamides is 2.